The highest BCUT2D eigenvalue weighted by atomic mass is 16.1. The molecule has 1 aliphatic carbocycles. The minimum absolute atomic E-state index is 0.194. The van der Waals surface area contributed by atoms with Crippen molar-refractivity contribution < 1.29 is 4.79 Å². The van der Waals surface area contributed by atoms with Gasteiger partial charge in [-0.1, -0.05) is 19.3 Å². The van der Waals surface area contributed by atoms with Gasteiger partial charge in [-0.2, -0.15) is 0 Å². The highest BCUT2D eigenvalue weighted by Gasteiger charge is 2.16. The number of pyridine rings is 1. The fourth-order valence-corrected chi connectivity index (χ4v) is 2.81. The van der Waals surface area contributed by atoms with Gasteiger partial charge in [-0.15, -0.1) is 0 Å². The Morgan fingerprint density at radius 1 is 1.29 bits per heavy atom. The summed E-state index contributed by atoms with van der Waals surface area (Å²) in [7, 11) is 0. The summed E-state index contributed by atoms with van der Waals surface area (Å²) in [4.78, 5) is 16.0. The Morgan fingerprint density at radius 3 is 2.86 bits per heavy atom. The van der Waals surface area contributed by atoms with Gasteiger partial charge in [0.1, 0.15) is 5.82 Å². The monoisotopic (exact) mass is 290 g/mol. The molecule has 1 saturated carbocycles. The van der Waals surface area contributed by atoms with Gasteiger partial charge in [0.25, 0.3) is 0 Å². The summed E-state index contributed by atoms with van der Waals surface area (Å²) in [6.45, 7) is 1.45. The molecule has 1 aromatic heterocycles. The number of nitrogen functional groups attached to an aromatic ring is 1. The number of nitrogens with one attached hydrogen (secondary N) is 2. The van der Waals surface area contributed by atoms with Crippen LogP contribution in [0.15, 0.2) is 18.3 Å². The van der Waals surface area contributed by atoms with Crippen molar-refractivity contribution in [3.05, 3.63) is 18.3 Å². The maximum absolute atomic E-state index is 11.8. The van der Waals surface area contributed by atoms with Crippen LogP contribution in [-0.4, -0.2) is 24.0 Å². The van der Waals surface area contributed by atoms with Crippen LogP contribution in [-0.2, 0) is 4.79 Å². The lowest BCUT2D eigenvalue weighted by Gasteiger charge is -2.20. The molecule has 0 spiro atoms. The number of carbonyl (C=O) groups is 1. The second-order valence-electron chi connectivity index (χ2n) is 5.78. The molecule has 0 unspecified atom stereocenters. The molecular formula is C16H26N4O. The molecule has 1 fully saturated rings. The van der Waals surface area contributed by atoms with Crippen molar-refractivity contribution in [2.75, 3.05) is 24.1 Å². The van der Waals surface area contributed by atoms with Gasteiger partial charge >= 0.3 is 0 Å². The molecule has 1 heterocycles. The molecule has 1 amide bonds. The molecule has 0 aromatic carbocycles. The van der Waals surface area contributed by atoms with Crippen molar-refractivity contribution in [3.8, 4) is 0 Å². The van der Waals surface area contributed by atoms with E-state index in [1.165, 1.54) is 32.1 Å². The fraction of sp³-hybridized carbons (Fsp3) is 0.625. The SMILES string of the molecule is Nc1cccnc1NCCCNC(=O)CC1CCCCC1. The van der Waals surface area contributed by atoms with E-state index in [9.17, 15) is 4.79 Å². The highest BCUT2D eigenvalue weighted by Crippen LogP contribution is 2.25. The molecule has 0 aliphatic heterocycles. The predicted molar refractivity (Wildman–Crippen MR) is 86.0 cm³/mol. The topological polar surface area (TPSA) is 80.0 Å². The molecule has 1 aliphatic rings. The summed E-state index contributed by atoms with van der Waals surface area (Å²) in [5.41, 5.74) is 6.44. The normalized spacial score (nSPS) is 15.6. The van der Waals surface area contributed by atoms with Gasteiger partial charge in [0.2, 0.25) is 5.91 Å². The van der Waals surface area contributed by atoms with Gasteiger partial charge in [-0.05, 0) is 37.3 Å². The van der Waals surface area contributed by atoms with Gasteiger partial charge in [-0.25, -0.2) is 4.98 Å². The largest absolute Gasteiger partial charge is 0.396 e. The number of rotatable bonds is 7. The van der Waals surface area contributed by atoms with Crippen molar-refractivity contribution >= 4 is 17.4 Å². The average Bonchev–Trinajstić information content (AvgIpc) is 2.50. The number of amides is 1. The van der Waals surface area contributed by atoms with Crippen molar-refractivity contribution in [3.63, 3.8) is 0 Å². The molecule has 2 rings (SSSR count). The van der Waals surface area contributed by atoms with Crippen molar-refractivity contribution in [1.82, 2.24) is 10.3 Å². The summed E-state index contributed by atoms with van der Waals surface area (Å²) in [5.74, 6) is 1.51. The van der Waals surface area contributed by atoms with Crippen molar-refractivity contribution in [1.29, 1.82) is 0 Å². The van der Waals surface area contributed by atoms with E-state index < -0.39 is 0 Å². The summed E-state index contributed by atoms with van der Waals surface area (Å²) >= 11 is 0. The van der Waals surface area contributed by atoms with Gasteiger partial charge in [0.05, 0.1) is 5.69 Å². The van der Waals surface area contributed by atoms with Gasteiger partial charge < -0.3 is 16.4 Å². The quantitative estimate of drug-likeness (QED) is 0.674. The number of anilines is 2. The van der Waals surface area contributed by atoms with Crippen LogP contribution in [0.2, 0.25) is 0 Å². The second-order valence-corrected chi connectivity index (χ2v) is 5.78. The standard InChI is InChI=1S/C16H26N4O/c17-14-8-4-9-19-16(14)20-11-5-10-18-15(21)12-13-6-2-1-3-7-13/h4,8-9,13H,1-3,5-7,10-12,17H2,(H,18,21)(H,19,20). The number of nitrogens with zero attached hydrogens (tertiary/aromatic N) is 1. The Morgan fingerprint density at radius 2 is 2.10 bits per heavy atom. The lowest BCUT2D eigenvalue weighted by Crippen LogP contribution is -2.28. The Hall–Kier alpha value is -1.78. The number of hydrogen-bond acceptors (Lipinski definition) is 4. The summed E-state index contributed by atoms with van der Waals surface area (Å²) in [6.07, 6.45) is 9.61. The molecule has 5 heteroatoms. The highest BCUT2D eigenvalue weighted by molar-refractivity contribution is 5.76. The van der Waals surface area contributed by atoms with E-state index in [4.69, 9.17) is 5.73 Å². The molecule has 1 aromatic rings. The van der Waals surface area contributed by atoms with Gasteiger partial charge in [0.15, 0.2) is 0 Å². The molecule has 0 bridgehead atoms. The second kappa shape index (κ2) is 8.49. The third-order valence-corrected chi connectivity index (χ3v) is 4.01. The Labute approximate surface area is 126 Å². The van der Waals surface area contributed by atoms with Gasteiger partial charge in [0, 0.05) is 25.7 Å². The van der Waals surface area contributed by atoms with E-state index >= 15 is 0 Å². The fourth-order valence-electron chi connectivity index (χ4n) is 2.81. The van der Waals surface area contributed by atoms with Crippen LogP contribution in [0.1, 0.15) is 44.9 Å². The number of hydrogen-bond donors (Lipinski definition) is 3. The van der Waals surface area contributed by atoms with E-state index in [-0.39, 0.29) is 5.91 Å². The summed E-state index contributed by atoms with van der Waals surface area (Å²) in [6, 6.07) is 3.63. The first-order chi connectivity index (χ1) is 10.3. The predicted octanol–water partition coefficient (Wildman–Crippen LogP) is 2.55. The van der Waals surface area contributed by atoms with Gasteiger partial charge in [-0.3, -0.25) is 4.79 Å². The van der Waals surface area contributed by atoms with Crippen LogP contribution in [0.4, 0.5) is 11.5 Å². The van der Waals surface area contributed by atoms with Crippen LogP contribution < -0.4 is 16.4 Å². The lowest BCUT2D eigenvalue weighted by molar-refractivity contribution is -0.122. The summed E-state index contributed by atoms with van der Waals surface area (Å²) in [5, 5.41) is 6.18. The van der Waals surface area contributed by atoms with E-state index in [1.54, 1.807) is 6.20 Å². The third kappa shape index (κ3) is 5.61. The number of carbonyl (C=O) groups excluding carboxylic acids is 1. The van der Waals surface area contributed by atoms with Crippen molar-refractivity contribution in [2.24, 2.45) is 5.92 Å². The first kappa shape index (κ1) is 15.6. The molecule has 5 nitrogen and oxygen atoms in total. The molecule has 21 heavy (non-hydrogen) atoms. The average molecular weight is 290 g/mol. The molecule has 0 atom stereocenters. The Bertz CT molecular complexity index is 444. The first-order valence-electron chi connectivity index (χ1n) is 7.97. The molecule has 0 saturated heterocycles. The number of nitrogens with two attached hydrogens (primary N) is 1. The van der Waals surface area contributed by atoms with Crippen LogP contribution in [0.5, 0.6) is 0 Å². The van der Waals surface area contributed by atoms with E-state index in [1.807, 2.05) is 12.1 Å². The summed E-state index contributed by atoms with van der Waals surface area (Å²) < 4.78 is 0. The Balaban J connectivity index is 1.55. The Kier molecular flexibility index (Phi) is 6.31. The zero-order valence-electron chi connectivity index (χ0n) is 12.6. The van der Waals surface area contributed by atoms with Crippen LogP contribution in [0, 0.1) is 5.92 Å². The number of aromatic nitrogens is 1. The molecule has 4 N–H and O–H groups in total. The third-order valence-electron chi connectivity index (χ3n) is 4.01. The van der Waals surface area contributed by atoms with E-state index in [0.717, 1.165) is 13.0 Å². The zero-order chi connectivity index (χ0) is 14.9. The molecular weight excluding hydrogens is 264 g/mol. The van der Waals surface area contributed by atoms with Crippen LogP contribution >= 0.6 is 0 Å². The minimum atomic E-state index is 0.194. The van der Waals surface area contributed by atoms with Crippen molar-refractivity contribution in [2.45, 2.75) is 44.9 Å². The van der Waals surface area contributed by atoms with E-state index in [2.05, 4.69) is 15.6 Å². The minimum Gasteiger partial charge on any atom is -0.396 e. The maximum atomic E-state index is 11.8. The molecule has 0 radical (unpaired) electrons. The van der Waals surface area contributed by atoms with Crippen LogP contribution in [0.25, 0.3) is 0 Å². The zero-order valence-corrected chi connectivity index (χ0v) is 12.6. The maximum Gasteiger partial charge on any atom is 0.220 e. The lowest BCUT2D eigenvalue weighted by atomic mass is 9.87. The smallest absolute Gasteiger partial charge is 0.220 e. The van der Waals surface area contributed by atoms with Crippen LogP contribution in [0.3, 0.4) is 0 Å². The first-order valence-corrected chi connectivity index (χ1v) is 7.97. The molecule has 116 valence electrons. The van der Waals surface area contributed by atoms with E-state index in [0.29, 0.717) is 30.4 Å².